The average Bonchev–Trinajstić information content (AvgIpc) is 2.41. The van der Waals surface area contributed by atoms with E-state index in [1.807, 2.05) is 0 Å². The summed E-state index contributed by atoms with van der Waals surface area (Å²) in [5.74, 6) is -0.999. The van der Waals surface area contributed by atoms with Crippen LogP contribution in [0.3, 0.4) is 0 Å². The summed E-state index contributed by atoms with van der Waals surface area (Å²) < 4.78 is 56.0. The lowest BCUT2D eigenvalue weighted by Gasteiger charge is -2.09. The summed E-state index contributed by atoms with van der Waals surface area (Å²) in [6.45, 7) is -0.0300. The maximum absolute atomic E-state index is 13.8. The van der Waals surface area contributed by atoms with Crippen LogP contribution in [-0.4, -0.2) is 4.98 Å². The number of alkyl halides is 3. The fraction of sp³-hybridized carbons (Fsp3) is 0.154. The van der Waals surface area contributed by atoms with Gasteiger partial charge in [0.25, 0.3) is 5.88 Å². The third-order valence-electron chi connectivity index (χ3n) is 2.55. The van der Waals surface area contributed by atoms with E-state index in [-0.39, 0.29) is 23.7 Å². The predicted octanol–water partition coefficient (Wildman–Crippen LogP) is 3.49. The Kier molecular flexibility index (Phi) is 3.89. The van der Waals surface area contributed by atoms with Crippen molar-refractivity contribution in [2.24, 2.45) is 5.73 Å². The molecule has 0 radical (unpaired) electrons. The highest BCUT2D eigenvalue weighted by Gasteiger charge is 2.30. The molecule has 2 N–H and O–H groups in total. The third-order valence-corrected chi connectivity index (χ3v) is 2.55. The number of nitrogens with two attached hydrogens (primary N) is 1. The molecule has 2 rings (SSSR count). The van der Waals surface area contributed by atoms with E-state index in [2.05, 4.69) is 4.98 Å². The molecule has 1 heterocycles. The lowest BCUT2D eigenvalue weighted by molar-refractivity contribution is -0.137. The lowest BCUT2D eigenvalue weighted by atomic mass is 10.2. The van der Waals surface area contributed by atoms with Crippen LogP contribution in [0, 0.1) is 5.82 Å². The van der Waals surface area contributed by atoms with Gasteiger partial charge < -0.3 is 10.5 Å². The normalized spacial score (nSPS) is 11.4. The van der Waals surface area contributed by atoms with Crippen molar-refractivity contribution >= 4 is 0 Å². The molecule has 20 heavy (non-hydrogen) atoms. The fourth-order valence-electron chi connectivity index (χ4n) is 1.51. The molecular formula is C13H10F4N2O. The van der Waals surface area contributed by atoms with E-state index in [0.717, 1.165) is 24.3 Å². The minimum atomic E-state index is -4.43. The van der Waals surface area contributed by atoms with Gasteiger partial charge in [-0.1, -0.05) is 0 Å². The van der Waals surface area contributed by atoms with Crippen LogP contribution in [-0.2, 0) is 12.7 Å². The quantitative estimate of drug-likeness (QED) is 0.879. The first kappa shape index (κ1) is 14.3. The molecule has 0 amide bonds. The zero-order chi connectivity index (χ0) is 14.8. The molecule has 3 nitrogen and oxygen atoms in total. The largest absolute Gasteiger partial charge is 0.436 e. The lowest BCUT2D eigenvalue weighted by Crippen LogP contribution is -2.04. The van der Waals surface area contributed by atoms with Crippen LogP contribution in [0.1, 0.15) is 11.1 Å². The summed E-state index contributed by atoms with van der Waals surface area (Å²) >= 11 is 0. The molecule has 7 heteroatoms. The van der Waals surface area contributed by atoms with Gasteiger partial charge in [-0.25, -0.2) is 9.37 Å². The van der Waals surface area contributed by atoms with Gasteiger partial charge in [-0.3, -0.25) is 0 Å². The van der Waals surface area contributed by atoms with Crippen molar-refractivity contribution in [3.05, 3.63) is 53.5 Å². The number of halogens is 4. The number of benzene rings is 1. The first-order chi connectivity index (χ1) is 9.41. The molecule has 106 valence electrons. The highest BCUT2D eigenvalue weighted by atomic mass is 19.4. The molecule has 0 atom stereocenters. The van der Waals surface area contributed by atoms with Crippen LogP contribution in [0.25, 0.3) is 0 Å². The second kappa shape index (κ2) is 5.46. The highest BCUT2D eigenvalue weighted by molar-refractivity contribution is 5.33. The summed E-state index contributed by atoms with van der Waals surface area (Å²) in [7, 11) is 0. The van der Waals surface area contributed by atoms with Gasteiger partial charge in [-0.15, -0.1) is 0 Å². The van der Waals surface area contributed by atoms with Crippen molar-refractivity contribution in [2.45, 2.75) is 12.7 Å². The first-order valence-corrected chi connectivity index (χ1v) is 5.60. The molecule has 0 saturated heterocycles. The number of hydrogen-bond acceptors (Lipinski definition) is 3. The maximum Gasteiger partial charge on any atom is 0.416 e. The van der Waals surface area contributed by atoms with Gasteiger partial charge in [0.1, 0.15) is 5.75 Å². The number of aromatic nitrogens is 1. The SMILES string of the molecule is NCc1ccnc(Oc2ccc(C(F)(F)F)cc2)c1F. The summed E-state index contributed by atoms with van der Waals surface area (Å²) in [4.78, 5) is 3.68. The molecule has 0 saturated carbocycles. The van der Waals surface area contributed by atoms with Crippen molar-refractivity contribution in [1.82, 2.24) is 4.98 Å². The van der Waals surface area contributed by atoms with E-state index in [0.29, 0.717) is 0 Å². The molecule has 1 aromatic heterocycles. The van der Waals surface area contributed by atoms with Crippen LogP contribution >= 0.6 is 0 Å². The molecule has 0 fully saturated rings. The molecule has 0 unspecified atom stereocenters. The summed E-state index contributed by atoms with van der Waals surface area (Å²) in [6.07, 6.45) is -3.12. The van der Waals surface area contributed by atoms with Crippen molar-refractivity contribution in [3.63, 3.8) is 0 Å². The predicted molar refractivity (Wildman–Crippen MR) is 63.6 cm³/mol. The van der Waals surface area contributed by atoms with E-state index in [4.69, 9.17) is 10.5 Å². The summed E-state index contributed by atoms with van der Waals surface area (Å²) in [5, 5.41) is 0. The zero-order valence-corrected chi connectivity index (χ0v) is 10.1. The number of ether oxygens (including phenoxy) is 1. The molecule has 0 spiro atoms. The van der Waals surface area contributed by atoms with Crippen LogP contribution in [0.5, 0.6) is 11.6 Å². The highest BCUT2D eigenvalue weighted by Crippen LogP contribution is 2.31. The Morgan fingerprint density at radius 2 is 1.75 bits per heavy atom. The smallest absolute Gasteiger partial charge is 0.416 e. The molecule has 1 aromatic carbocycles. The number of hydrogen-bond donors (Lipinski definition) is 1. The molecule has 2 aromatic rings. The molecule has 0 aliphatic rings. The first-order valence-electron chi connectivity index (χ1n) is 5.60. The van der Waals surface area contributed by atoms with Crippen LogP contribution < -0.4 is 10.5 Å². The Hall–Kier alpha value is -2.15. The molecular weight excluding hydrogens is 276 g/mol. The summed E-state index contributed by atoms with van der Waals surface area (Å²) in [5.41, 5.74) is 4.73. The minimum absolute atomic E-state index is 0.0300. The van der Waals surface area contributed by atoms with E-state index in [1.54, 1.807) is 0 Å². The Balaban J connectivity index is 2.23. The van der Waals surface area contributed by atoms with Gasteiger partial charge in [0, 0.05) is 18.3 Å². The van der Waals surface area contributed by atoms with Crippen molar-refractivity contribution in [2.75, 3.05) is 0 Å². The van der Waals surface area contributed by atoms with E-state index < -0.39 is 17.6 Å². The minimum Gasteiger partial charge on any atom is -0.436 e. The van der Waals surface area contributed by atoms with Crippen LogP contribution in [0.2, 0.25) is 0 Å². The Labute approximate surface area is 112 Å². The topological polar surface area (TPSA) is 48.1 Å². The van der Waals surface area contributed by atoms with Crippen LogP contribution in [0.15, 0.2) is 36.5 Å². The van der Waals surface area contributed by atoms with Gasteiger partial charge in [0.05, 0.1) is 5.56 Å². The van der Waals surface area contributed by atoms with E-state index in [1.165, 1.54) is 12.3 Å². The van der Waals surface area contributed by atoms with Crippen LogP contribution in [0.4, 0.5) is 17.6 Å². The molecule has 0 aliphatic carbocycles. The third kappa shape index (κ3) is 3.05. The van der Waals surface area contributed by atoms with Gasteiger partial charge in [-0.05, 0) is 30.3 Å². The van der Waals surface area contributed by atoms with Gasteiger partial charge >= 0.3 is 6.18 Å². The monoisotopic (exact) mass is 286 g/mol. The molecule has 0 bridgehead atoms. The van der Waals surface area contributed by atoms with E-state index >= 15 is 0 Å². The second-order valence-electron chi connectivity index (χ2n) is 3.92. The Bertz CT molecular complexity index is 596. The van der Waals surface area contributed by atoms with Crippen molar-refractivity contribution in [3.8, 4) is 11.6 Å². The average molecular weight is 286 g/mol. The Morgan fingerprint density at radius 1 is 1.10 bits per heavy atom. The van der Waals surface area contributed by atoms with Gasteiger partial charge in [0.15, 0.2) is 5.82 Å². The summed E-state index contributed by atoms with van der Waals surface area (Å²) in [6, 6.07) is 5.28. The number of nitrogens with zero attached hydrogens (tertiary/aromatic N) is 1. The fourth-order valence-corrected chi connectivity index (χ4v) is 1.51. The van der Waals surface area contributed by atoms with E-state index in [9.17, 15) is 17.6 Å². The Morgan fingerprint density at radius 3 is 2.30 bits per heavy atom. The zero-order valence-electron chi connectivity index (χ0n) is 10.1. The second-order valence-corrected chi connectivity index (χ2v) is 3.92. The van der Waals surface area contributed by atoms with Crippen molar-refractivity contribution < 1.29 is 22.3 Å². The number of rotatable bonds is 3. The van der Waals surface area contributed by atoms with Gasteiger partial charge in [-0.2, -0.15) is 13.2 Å². The number of pyridine rings is 1. The standard InChI is InChI=1S/C13H10F4N2O/c14-11-8(7-18)5-6-19-12(11)20-10-3-1-9(2-4-10)13(15,16)17/h1-6H,7,18H2. The molecule has 0 aliphatic heterocycles. The van der Waals surface area contributed by atoms with Gasteiger partial charge in [0.2, 0.25) is 0 Å². The maximum atomic E-state index is 13.8. The van der Waals surface area contributed by atoms with Crippen molar-refractivity contribution in [1.29, 1.82) is 0 Å².